The van der Waals surface area contributed by atoms with Crippen LogP contribution in [0.1, 0.15) is 18.1 Å². The first-order valence-corrected chi connectivity index (χ1v) is 11.6. The molecule has 206 valence electrons. The maximum Gasteiger partial charge on any atom is 0.435 e. The summed E-state index contributed by atoms with van der Waals surface area (Å²) in [7, 11) is 0. The molecular formula is C26H22F7N5O. The first kappa shape index (κ1) is 27.7. The standard InChI is InChI=1S/C16H11F7N4O.C10H11N/c17-14(15(18,19)20,16(21,22)23)10-3-4-12-9(6-10)8-27(13(28)25-12)26-11-2-1-5-24-7-11;1-2-11-8-7-9-5-3-4-6-10(9)11/h1-7,26H,8H2,(H,25,28);3-8H,2H2,1H3. The third kappa shape index (κ3) is 5.47. The van der Waals surface area contributed by atoms with Crippen LogP contribution in [0, 0.1) is 0 Å². The molecule has 2 aromatic carbocycles. The molecule has 13 heteroatoms. The number of carbonyl (C=O) groups is 1. The fourth-order valence-electron chi connectivity index (χ4n) is 4.07. The maximum absolute atomic E-state index is 14.3. The number of amides is 2. The maximum atomic E-state index is 14.3. The summed E-state index contributed by atoms with van der Waals surface area (Å²) < 4.78 is 94.2. The summed E-state index contributed by atoms with van der Waals surface area (Å²) in [4.78, 5) is 15.9. The molecule has 0 saturated carbocycles. The number of nitrogens with one attached hydrogen (secondary N) is 2. The molecule has 3 heterocycles. The van der Waals surface area contributed by atoms with Gasteiger partial charge in [0.05, 0.1) is 18.4 Å². The lowest BCUT2D eigenvalue weighted by molar-refractivity contribution is -0.348. The van der Waals surface area contributed by atoms with Crippen LogP contribution >= 0.6 is 0 Å². The molecule has 1 aliphatic rings. The van der Waals surface area contributed by atoms with Crippen molar-refractivity contribution in [1.29, 1.82) is 0 Å². The second-order valence-electron chi connectivity index (χ2n) is 8.56. The predicted octanol–water partition coefficient (Wildman–Crippen LogP) is 7.41. The number of nitrogens with zero attached hydrogens (tertiary/aromatic N) is 3. The minimum Gasteiger partial charge on any atom is -0.348 e. The highest BCUT2D eigenvalue weighted by Crippen LogP contribution is 2.53. The summed E-state index contributed by atoms with van der Waals surface area (Å²) in [5, 5.41) is 4.54. The molecular weight excluding hydrogens is 531 g/mol. The van der Waals surface area contributed by atoms with Crippen molar-refractivity contribution in [3.63, 3.8) is 0 Å². The van der Waals surface area contributed by atoms with Gasteiger partial charge in [0.25, 0.3) is 0 Å². The predicted molar refractivity (Wildman–Crippen MR) is 131 cm³/mol. The van der Waals surface area contributed by atoms with Crippen molar-refractivity contribution in [2.24, 2.45) is 0 Å². The topological polar surface area (TPSA) is 62.2 Å². The zero-order valence-electron chi connectivity index (χ0n) is 20.3. The van der Waals surface area contributed by atoms with E-state index < -0.39 is 36.2 Å². The minimum absolute atomic E-state index is 0.0234. The van der Waals surface area contributed by atoms with Crippen LogP contribution in [0.4, 0.5) is 46.9 Å². The van der Waals surface area contributed by atoms with E-state index in [1.165, 1.54) is 29.4 Å². The summed E-state index contributed by atoms with van der Waals surface area (Å²) in [5.41, 5.74) is -3.03. The number of halogens is 7. The zero-order valence-corrected chi connectivity index (χ0v) is 20.3. The molecule has 0 fully saturated rings. The van der Waals surface area contributed by atoms with Crippen LogP contribution < -0.4 is 10.7 Å². The van der Waals surface area contributed by atoms with Crippen LogP contribution in [0.5, 0.6) is 0 Å². The SMILES string of the molecule is CCn1ccc2ccccc21.O=C1Nc2ccc(C(F)(C(F)(F)F)C(F)(F)F)cc2CN1Nc1cccnc1. The molecule has 1 aliphatic heterocycles. The van der Waals surface area contributed by atoms with Crippen LogP contribution in [0.25, 0.3) is 10.9 Å². The average Bonchev–Trinajstić information content (AvgIpc) is 3.31. The van der Waals surface area contributed by atoms with Gasteiger partial charge in [0.15, 0.2) is 0 Å². The third-order valence-electron chi connectivity index (χ3n) is 6.05. The van der Waals surface area contributed by atoms with Gasteiger partial charge in [0.2, 0.25) is 0 Å². The Labute approximate surface area is 218 Å². The lowest BCUT2D eigenvalue weighted by Gasteiger charge is -2.33. The summed E-state index contributed by atoms with van der Waals surface area (Å²) in [6.45, 7) is 2.80. The molecule has 2 N–H and O–H groups in total. The fourth-order valence-corrected chi connectivity index (χ4v) is 4.07. The minimum atomic E-state index is -6.22. The Morgan fingerprint density at radius 1 is 0.949 bits per heavy atom. The Kier molecular flexibility index (Phi) is 7.44. The van der Waals surface area contributed by atoms with Gasteiger partial charge < -0.3 is 9.88 Å². The number of carbonyl (C=O) groups excluding carboxylic acids is 1. The highest BCUT2D eigenvalue weighted by molar-refractivity contribution is 5.93. The number of benzene rings is 2. The molecule has 0 radical (unpaired) electrons. The Balaban J connectivity index is 0.000000265. The number of hydrazine groups is 1. The van der Waals surface area contributed by atoms with Crippen molar-refractivity contribution in [2.75, 3.05) is 10.7 Å². The number of aromatic nitrogens is 2. The lowest BCUT2D eigenvalue weighted by Crippen LogP contribution is -2.50. The zero-order chi connectivity index (χ0) is 28.4. The number of aryl methyl sites for hydroxylation is 1. The largest absolute Gasteiger partial charge is 0.435 e. The molecule has 39 heavy (non-hydrogen) atoms. The number of hydrogen-bond donors (Lipinski definition) is 2. The number of urea groups is 1. The summed E-state index contributed by atoms with van der Waals surface area (Å²) in [6, 6.07) is 14.6. The second kappa shape index (κ2) is 10.5. The molecule has 0 unspecified atom stereocenters. The van der Waals surface area contributed by atoms with E-state index in [2.05, 4.69) is 63.7 Å². The van der Waals surface area contributed by atoms with E-state index in [9.17, 15) is 35.5 Å². The highest BCUT2D eigenvalue weighted by Gasteiger charge is 2.73. The van der Waals surface area contributed by atoms with Crippen LogP contribution in [0.2, 0.25) is 0 Å². The molecule has 0 spiro atoms. The summed E-state index contributed by atoms with van der Waals surface area (Å²) in [5.74, 6) is 0. The first-order valence-electron chi connectivity index (χ1n) is 11.6. The van der Waals surface area contributed by atoms with Gasteiger partial charge in [-0.25, -0.2) is 14.2 Å². The lowest BCUT2D eigenvalue weighted by atomic mass is 9.91. The Morgan fingerprint density at radius 2 is 1.67 bits per heavy atom. The normalized spacial score (nSPS) is 13.8. The van der Waals surface area contributed by atoms with E-state index in [0.717, 1.165) is 17.6 Å². The van der Waals surface area contributed by atoms with Crippen LogP contribution in [-0.4, -0.2) is 32.9 Å². The van der Waals surface area contributed by atoms with Crippen LogP contribution in [-0.2, 0) is 18.8 Å². The molecule has 0 atom stereocenters. The van der Waals surface area contributed by atoms with E-state index >= 15 is 0 Å². The molecule has 6 nitrogen and oxygen atoms in total. The Hall–Kier alpha value is -4.29. The first-order chi connectivity index (χ1) is 18.3. The molecule has 2 aromatic heterocycles. The molecule has 0 aliphatic carbocycles. The smallest absolute Gasteiger partial charge is 0.348 e. The van der Waals surface area contributed by atoms with Crippen molar-refractivity contribution >= 4 is 28.3 Å². The van der Waals surface area contributed by atoms with Gasteiger partial charge in [0, 0.05) is 35.7 Å². The highest BCUT2D eigenvalue weighted by atomic mass is 19.4. The molecule has 0 saturated heterocycles. The van der Waals surface area contributed by atoms with Crippen molar-refractivity contribution in [2.45, 2.75) is 38.0 Å². The monoisotopic (exact) mass is 553 g/mol. The van der Waals surface area contributed by atoms with Crippen LogP contribution in [0.3, 0.4) is 0 Å². The van der Waals surface area contributed by atoms with Crippen molar-refractivity contribution in [3.05, 3.63) is 90.4 Å². The number of pyridine rings is 1. The number of anilines is 2. The molecule has 5 rings (SSSR count). The van der Waals surface area contributed by atoms with Gasteiger partial charge in [-0.2, -0.15) is 26.3 Å². The second-order valence-corrected chi connectivity index (χ2v) is 8.56. The summed E-state index contributed by atoms with van der Waals surface area (Å²) in [6.07, 6.45) is -7.50. The van der Waals surface area contributed by atoms with E-state index in [4.69, 9.17) is 0 Å². The number of para-hydroxylation sites is 1. The van der Waals surface area contributed by atoms with Gasteiger partial charge in [-0.1, -0.05) is 24.3 Å². The van der Waals surface area contributed by atoms with Crippen molar-refractivity contribution in [1.82, 2.24) is 14.6 Å². The number of hydrogen-bond acceptors (Lipinski definition) is 3. The molecule has 0 bridgehead atoms. The number of alkyl halides is 7. The van der Waals surface area contributed by atoms with E-state index in [-0.39, 0.29) is 11.3 Å². The quantitative estimate of drug-likeness (QED) is 0.259. The van der Waals surface area contributed by atoms with Crippen molar-refractivity contribution < 1.29 is 35.5 Å². The average molecular weight is 553 g/mol. The van der Waals surface area contributed by atoms with Gasteiger partial charge in [-0.15, -0.1) is 0 Å². The van der Waals surface area contributed by atoms with Gasteiger partial charge in [0.1, 0.15) is 0 Å². The van der Waals surface area contributed by atoms with Gasteiger partial charge >= 0.3 is 24.1 Å². The third-order valence-corrected chi connectivity index (χ3v) is 6.05. The van der Waals surface area contributed by atoms with E-state index in [1.807, 2.05) is 0 Å². The Bertz CT molecular complexity index is 1440. The number of fused-ring (bicyclic) bond motifs is 2. The van der Waals surface area contributed by atoms with Crippen molar-refractivity contribution in [3.8, 4) is 0 Å². The van der Waals surface area contributed by atoms with E-state index in [1.54, 1.807) is 6.07 Å². The molecule has 2 amide bonds. The fraction of sp³-hybridized carbons (Fsp3) is 0.231. The van der Waals surface area contributed by atoms with Gasteiger partial charge in [-0.3, -0.25) is 10.4 Å². The molecule has 4 aromatic rings. The van der Waals surface area contributed by atoms with Gasteiger partial charge in [-0.05, 0) is 54.3 Å². The van der Waals surface area contributed by atoms with Crippen LogP contribution in [0.15, 0.2) is 79.3 Å². The van der Waals surface area contributed by atoms with E-state index in [0.29, 0.717) is 17.8 Å². The Morgan fingerprint density at radius 3 is 2.31 bits per heavy atom. The number of rotatable bonds is 4. The summed E-state index contributed by atoms with van der Waals surface area (Å²) >= 11 is 0.